The van der Waals surface area contributed by atoms with E-state index in [1.807, 2.05) is 30.3 Å². The van der Waals surface area contributed by atoms with Crippen LogP contribution in [0, 0.1) is 10.1 Å². The highest BCUT2D eigenvalue weighted by Crippen LogP contribution is 2.33. The fourth-order valence-electron chi connectivity index (χ4n) is 5.76. The third kappa shape index (κ3) is 5.66. The predicted molar refractivity (Wildman–Crippen MR) is 171 cm³/mol. The largest absolute Gasteiger partial charge is 0.497 e. The van der Waals surface area contributed by atoms with Crippen LogP contribution in [0.2, 0.25) is 0 Å². The van der Waals surface area contributed by atoms with Gasteiger partial charge >= 0.3 is 0 Å². The average Bonchev–Trinajstić information content (AvgIpc) is 3.34. The molecule has 0 radical (unpaired) electrons. The number of fused-ring (bicyclic) bond motifs is 1. The molecule has 3 heterocycles. The lowest BCUT2D eigenvalue weighted by molar-refractivity contribution is -0.384. The first-order valence-electron chi connectivity index (χ1n) is 14.4. The van der Waals surface area contributed by atoms with Gasteiger partial charge in [0, 0.05) is 24.8 Å². The third-order valence-corrected chi connectivity index (χ3v) is 8.90. The second-order valence-corrected chi connectivity index (χ2v) is 11.7. The summed E-state index contributed by atoms with van der Waals surface area (Å²) in [6.45, 7) is 3.32. The van der Waals surface area contributed by atoms with E-state index in [2.05, 4.69) is 15.2 Å². The number of piperidine rings is 1. The monoisotopic (exact) mass is 609 g/mol. The molecule has 1 aromatic heterocycles. The summed E-state index contributed by atoms with van der Waals surface area (Å²) in [5.74, 6) is 0.281. The van der Waals surface area contributed by atoms with Gasteiger partial charge in [0.05, 0.1) is 33.9 Å². The van der Waals surface area contributed by atoms with E-state index in [0.29, 0.717) is 48.9 Å². The Morgan fingerprint density at radius 1 is 1.07 bits per heavy atom. The highest BCUT2D eigenvalue weighted by molar-refractivity contribution is 7.07. The fraction of sp³-hybridized carbons (Fsp3) is 0.242. The average molecular weight is 610 g/mol. The Bertz CT molecular complexity index is 1940. The lowest BCUT2D eigenvalue weighted by Crippen LogP contribution is -2.40. The Morgan fingerprint density at radius 3 is 2.48 bits per heavy atom. The van der Waals surface area contributed by atoms with E-state index in [1.54, 1.807) is 56.5 Å². The van der Waals surface area contributed by atoms with Crippen LogP contribution in [-0.4, -0.2) is 35.6 Å². The zero-order chi connectivity index (χ0) is 30.8. The number of aromatic nitrogens is 1. The van der Waals surface area contributed by atoms with Gasteiger partial charge in [-0.15, -0.1) is 0 Å². The van der Waals surface area contributed by atoms with E-state index in [4.69, 9.17) is 4.74 Å². The minimum atomic E-state index is -0.751. The number of ether oxygens (including phenoxy) is 1. The number of benzene rings is 3. The zero-order valence-corrected chi connectivity index (χ0v) is 25.2. The number of carbonyl (C=O) groups excluding carboxylic acids is 1. The quantitative estimate of drug-likeness (QED) is 0.238. The number of carbonyl (C=O) groups is 1. The first-order valence-corrected chi connectivity index (χ1v) is 15.2. The van der Waals surface area contributed by atoms with Crippen LogP contribution in [0.5, 0.6) is 5.75 Å². The highest BCUT2D eigenvalue weighted by Gasteiger charge is 2.32. The van der Waals surface area contributed by atoms with Gasteiger partial charge in [-0.1, -0.05) is 47.7 Å². The van der Waals surface area contributed by atoms with Gasteiger partial charge in [0.1, 0.15) is 11.4 Å². The van der Waals surface area contributed by atoms with Crippen molar-refractivity contribution in [1.82, 2.24) is 4.57 Å². The van der Waals surface area contributed by atoms with Gasteiger partial charge in [-0.2, -0.15) is 0 Å². The molecule has 2 aliphatic heterocycles. The normalized spacial score (nSPS) is 16.7. The zero-order valence-electron chi connectivity index (χ0n) is 24.4. The molecule has 1 fully saturated rings. The van der Waals surface area contributed by atoms with Crippen molar-refractivity contribution in [1.29, 1.82) is 0 Å². The van der Waals surface area contributed by atoms with Crippen LogP contribution in [-0.2, 0) is 4.79 Å². The number of hydrogen-bond donors (Lipinski definition) is 1. The molecule has 0 saturated carbocycles. The number of nitrogens with one attached hydrogen (secondary N) is 1. The minimum absolute atomic E-state index is 0.0141. The predicted octanol–water partition coefficient (Wildman–Crippen LogP) is 4.78. The molecule has 1 amide bonds. The number of nitrogens with zero attached hydrogens (tertiary/aromatic N) is 4. The van der Waals surface area contributed by atoms with Gasteiger partial charge in [-0.3, -0.25) is 24.3 Å². The molecule has 1 saturated heterocycles. The molecule has 44 heavy (non-hydrogen) atoms. The molecule has 0 bridgehead atoms. The number of allylic oxidation sites excluding steroid dienone is 1. The van der Waals surface area contributed by atoms with E-state index in [9.17, 15) is 19.7 Å². The smallest absolute Gasteiger partial charge is 0.293 e. The lowest BCUT2D eigenvalue weighted by atomic mass is 9.95. The van der Waals surface area contributed by atoms with Crippen LogP contribution < -0.4 is 29.8 Å². The molecule has 6 rings (SSSR count). The molecule has 1 N–H and O–H groups in total. The SMILES string of the molecule is COc1ccc([C@H]2C(C(=O)Nc3ccccc3)=C(C)N=c3s/c(=C\c4ccc(N5CCCCC5)c([N+](=O)[O-])c4)c(=O)n32)cc1. The van der Waals surface area contributed by atoms with Gasteiger partial charge in [0.25, 0.3) is 17.2 Å². The van der Waals surface area contributed by atoms with Crippen molar-refractivity contribution < 1.29 is 14.5 Å². The summed E-state index contributed by atoms with van der Waals surface area (Å²) >= 11 is 1.19. The number of rotatable bonds is 7. The molecular formula is C33H31N5O5S. The molecule has 2 aliphatic rings. The second-order valence-electron chi connectivity index (χ2n) is 10.7. The molecule has 0 aliphatic carbocycles. The van der Waals surface area contributed by atoms with E-state index in [-0.39, 0.29) is 22.1 Å². The van der Waals surface area contributed by atoms with Gasteiger partial charge in [0.15, 0.2) is 4.80 Å². The standard InChI is InChI=1S/C33H31N5O5S/c1-21-29(31(39)35-24-9-5-3-6-10-24)30(23-12-14-25(43-2)15-13-23)37-32(40)28(44-33(37)34-21)20-22-11-16-26(27(19-22)38(41)42)36-17-7-4-8-18-36/h3,5-6,9-16,19-20,30H,4,7-8,17-18H2,1-2H3,(H,35,39)/b28-20-/t30-/m0/s1. The Labute approximate surface area is 257 Å². The molecule has 0 spiro atoms. The number of para-hydroxylation sites is 1. The van der Waals surface area contributed by atoms with Crippen molar-refractivity contribution in [3.05, 3.63) is 125 Å². The molecule has 224 valence electrons. The molecule has 1 atom stereocenters. The summed E-state index contributed by atoms with van der Waals surface area (Å²) in [5, 5.41) is 15.0. The number of thiazole rings is 1. The lowest BCUT2D eigenvalue weighted by Gasteiger charge is -2.28. The number of hydrogen-bond acceptors (Lipinski definition) is 8. The third-order valence-electron chi connectivity index (χ3n) is 7.92. The van der Waals surface area contributed by atoms with E-state index >= 15 is 0 Å². The second kappa shape index (κ2) is 12.3. The van der Waals surface area contributed by atoms with Crippen molar-refractivity contribution in [3.63, 3.8) is 0 Å². The fourth-order valence-corrected chi connectivity index (χ4v) is 6.81. The van der Waals surface area contributed by atoms with Crippen LogP contribution in [0.15, 0.2) is 93.9 Å². The summed E-state index contributed by atoms with van der Waals surface area (Å²) in [6.07, 6.45) is 4.78. The van der Waals surface area contributed by atoms with Crippen LogP contribution in [0.1, 0.15) is 43.4 Å². The number of anilines is 2. The maximum absolute atomic E-state index is 14.1. The van der Waals surface area contributed by atoms with Gasteiger partial charge < -0.3 is 15.0 Å². The maximum Gasteiger partial charge on any atom is 0.293 e. The number of amides is 1. The van der Waals surface area contributed by atoms with Crippen LogP contribution in [0.4, 0.5) is 17.1 Å². The van der Waals surface area contributed by atoms with Crippen LogP contribution >= 0.6 is 11.3 Å². The maximum atomic E-state index is 14.1. The van der Waals surface area contributed by atoms with E-state index in [0.717, 1.165) is 32.4 Å². The number of nitro groups is 1. The van der Waals surface area contributed by atoms with E-state index in [1.165, 1.54) is 22.0 Å². The Hall–Kier alpha value is -5.03. The van der Waals surface area contributed by atoms with Crippen molar-refractivity contribution in [2.45, 2.75) is 32.2 Å². The first kappa shape index (κ1) is 29.1. The molecule has 0 unspecified atom stereocenters. The highest BCUT2D eigenvalue weighted by atomic mass is 32.1. The Kier molecular flexibility index (Phi) is 8.12. The van der Waals surface area contributed by atoms with E-state index < -0.39 is 6.04 Å². The Morgan fingerprint density at radius 2 is 1.80 bits per heavy atom. The Balaban J connectivity index is 1.45. The summed E-state index contributed by atoms with van der Waals surface area (Å²) in [5.41, 5.74) is 2.99. The minimum Gasteiger partial charge on any atom is -0.497 e. The van der Waals surface area contributed by atoms with Crippen LogP contribution in [0.25, 0.3) is 6.08 Å². The topological polar surface area (TPSA) is 119 Å². The molecule has 10 nitrogen and oxygen atoms in total. The van der Waals surface area contributed by atoms with Crippen molar-refractivity contribution >= 4 is 40.4 Å². The molecule has 3 aromatic carbocycles. The summed E-state index contributed by atoms with van der Waals surface area (Å²) < 4.78 is 7.23. The van der Waals surface area contributed by atoms with Gasteiger partial charge in [-0.05, 0) is 73.7 Å². The van der Waals surface area contributed by atoms with Crippen molar-refractivity contribution in [2.75, 3.05) is 30.4 Å². The summed E-state index contributed by atoms with van der Waals surface area (Å²) in [7, 11) is 1.57. The summed E-state index contributed by atoms with van der Waals surface area (Å²) in [4.78, 5) is 46.6. The van der Waals surface area contributed by atoms with Crippen molar-refractivity contribution in [3.8, 4) is 5.75 Å². The van der Waals surface area contributed by atoms with Crippen molar-refractivity contribution in [2.24, 2.45) is 4.99 Å². The molecular weight excluding hydrogens is 578 g/mol. The number of methoxy groups -OCH3 is 1. The summed E-state index contributed by atoms with van der Waals surface area (Å²) in [6, 6.07) is 20.7. The van der Waals surface area contributed by atoms with Gasteiger partial charge in [0.2, 0.25) is 0 Å². The van der Waals surface area contributed by atoms with Gasteiger partial charge in [-0.25, -0.2) is 4.99 Å². The first-order chi connectivity index (χ1) is 21.3. The molecule has 11 heteroatoms. The molecule has 4 aromatic rings. The number of nitro benzene ring substituents is 1. The van der Waals surface area contributed by atoms with Crippen LogP contribution in [0.3, 0.4) is 0 Å².